The second-order valence-corrected chi connectivity index (χ2v) is 8.16. The van der Waals surface area contributed by atoms with Crippen LogP contribution in [0.3, 0.4) is 0 Å². The zero-order valence-electron chi connectivity index (χ0n) is 18.3. The molecule has 32 heavy (non-hydrogen) atoms. The Morgan fingerprint density at radius 2 is 1.75 bits per heavy atom. The van der Waals surface area contributed by atoms with Crippen molar-refractivity contribution in [1.82, 2.24) is 4.90 Å². The molecule has 2 atom stereocenters. The van der Waals surface area contributed by atoms with Gasteiger partial charge in [-0.25, -0.2) is 9.69 Å². The number of aldehydes is 1. The fourth-order valence-electron chi connectivity index (χ4n) is 3.07. The Bertz CT molecular complexity index is 891. The largest absolute Gasteiger partial charge is 0.492 e. The number of benzene rings is 2. The van der Waals surface area contributed by atoms with Gasteiger partial charge in [-0.05, 0) is 30.0 Å². The van der Waals surface area contributed by atoms with Crippen LogP contribution in [-0.2, 0) is 20.9 Å². The lowest BCUT2D eigenvalue weighted by molar-refractivity contribution is -0.136. The first-order chi connectivity index (χ1) is 15.3. The fraction of sp³-hybridized carbons (Fsp3) is 0.375. The number of hydrogen-bond acceptors (Lipinski definition) is 6. The summed E-state index contributed by atoms with van der Waals surface area (Å²) < 4.78 is 10.9. The lowest BCUT2D eigenvalue weighted by Crippen LogP contribution is -2.53. The van der Waals surface area contributed by atoms with E-state index < -0.39 is 24.1 Å². The third-order valence-electron chi connectivity index (χ3n) is 4.68. The van der Waals surface area contributed by atoms with Crippen molar-refractivity contribution in [2.45, 2.75) is 45.4 Å². The predicted molar refractivity (Wildman–Crippen MR) is 122 cm³/mol. The Hall–Kier alpha value is -2.90. The maximum absolute atomic E-state index is 13.0. The molecule has 2 aromatic carbocycles. The van der Waals surface area contributed by atoms with Crippen LogP contribution in [0.5, 0.6) is 5.75 Å². The van der Waals surface area contributed by atoms with Crippen molar-refractivity contribution in [2.75, 3.05) is 6.61 Å². The summed E-state index contributed by atoms with van der Waals surface area (Å²) in [5.74, 6) is -0.0826. The van der Waals surface area contributed by atoms with Crippen molar-refractivity contribution < 1.29 is 23.9 Å². The van der Waals surface area contributed by atoms with Crippen molar-refractivity contribution in [3.8, 4) is 5.75 Å². The predicted octanol–water partition coefficient (Wildman–Crippen LogP) is 4.22. The summed E-state index contributed by atoms with van der Waals surface area (Å²) in [6.07, 6.45) is 0.0331. The number of para-hydroxylation sites is 1. The summed E-state index contributed by atoms with van der Waals surface area (Å²) >= 11 is 6.08. The molecular weight excluding hydrogens is 432 g/mol. The van der Waals surface area contributed by atoms with Gasteiger partial charge in [0.05, 0.1) is 17.7 Å². The number of amides is 2. The maximum Gasteiger partial charge on any atom is 0.417 e. The monoisotopic (exact) mass is 460 g/mol. The molecule has 8 heteroatoms. The van der Waals surface area contributed by atoms with Crippen molar-refractivity contribution in [3.63, 3.8) is 0 Å². The zero-order chi connectivity index (χ0) is 23.5. The fourth-order valence-corrected chi connectivity index (χ4v) is 3.26. The molecule has 2 aromatic rings. The highest BCUT2D eigenvalue weighted by atomic mass is 35.5. The Balaban J connectivity index is 2.12. The third kappa shape index (κ3) is 7.66. The quantitative estimate of drug-likeness (QED) is 0.504. The standard InChI is InChI=1S/C24H29ClN2O5/c1-17(2)14-21(26)23(29)27(24(30)32-16-18-8-4-3-5-9-18)19(15-28)12-13-31-22-11-7-6-10-20(22)25/h3-11,15,17,19,21H,12-14,16,26H2,1-2H3/t19?,21-/m0/s1. The van der Waals surface area contributed by atoms with Gasteiger partial charge in [-0.15, -0.1) is 0 Å². The topological polar surface area (TPSA) is 98.9 Å². The van der Waals surface area contributed by atoms with Gasteiger partial charge in [-0.2, -0.15) is 0 Å². The molecule has 7 nitrogen and oxygen atoms in total. The first-order valence-corrected chi connectivity index (χ1v) is 10.8. The summed E-state index contributed by atoms with van der Waals surface area (Å²) in [4.78, 5) is 38.5. The second kappa shape index (κ2) is 12.8. The van der Waals surface area contributed by atoms with Crippen LogP contribution in [0.15, 0.2) is 54.6 Å². The highest BCUT2D eigenvalue weighted by Gasteiger charge is 2.34. The number of carbonyl (C=O) groups excluding carboxylic acids is 3. The Labute approximate surface area is 193 Å². The van der Waals surface area contributed by atoms with Gasteiger partial charge in [0.2, 0.25) is 5.91 Å². The molecule has 0 aromatic heterocycles. The summed E-state index contributed by atoms with van der Waals surface area (Å²) in [5, 5.41) is 0.421. The SMILES string of the molecule is CC(C)C[C@H](N)C(=O)N(C(=O)OCc1ccccc1)C(C=O)CCOc1ccccc1Cl. The summed E-state index contributed by atoms with van der Waals surface area (Å²) in [5.41, 5.74) is 6.79. The first kappa shape index (κ1) is 25.4. The molecule has 172 valence electrons. The molecule has 0 fully saturated rings. The zero-order valence-corrected chi connectivity index (χ0v) is 19.0. The van der Waals surface area contributed by atoms with Crippen molar-refractivity contribution in [1.29, 1.82) is 0 Å². The maximum atomic E-state index is 13.0. The normalized spacial score (nSPS) is 12.7. The van der Waals surface area contributed by atoms with E-state index in [0.29, 0.717) is 23.5 Å². The molecule has 2 N–H and O–H groups in total. The van der Waals surface area contributed by atoms with E-state index in [1.165, 1.54) is 0 Å². The molecule has 0 saturated carbocycles. The summed E-state index contributed by atoms with van der Waals surface area (Å²) in [6, 6.07) is 13.9. The molecule has 0 aliphatic rings. The summed E-state index contributed by atoms with van der Waals surface area (Å²) in [7, 11) is 0. The van der Waals surface area contributed by atoms with E-state index in [1.807, 2.05) is 32.0 Å². The van der Waals surface area contributed by atoms with Crippen LogP contribution < -0.4 is 10.5 Å². The van der Waals surface area contributed by atoms with E-state index in [9.17, 15) is 14.4 Å². The van der Waals surface area contributed by atoms with E-state index in [0.717, 1.165) is 10.5 Å². The summed E-state index contributed by atoms with van der Waals surface area (Å²) in [6.45, 7) is 3.85. The van der Waals surface area contributed by atoms with Gasteiger partial charge in [0.1, 0.15) is 24.7 Å². The molecule has 2 amide bonds. The Kier molecular flexibility index (Phi) is 10.2. The molecule has 0 heterocycles. The van der Waals surface area contributed by atoms with Gasteiger partial charge in [0, 0.05) is 6.42 Å². The van der Waals surface area contributed by atoms with E-state index >= 15 is 0 Å². The highest BCUT2D eigenvalue weighted by Crippen LogP contribution is 2.23. The molecule has 0 aliphatic carbocycles. The van der Waals surface area contributed by atoms with Crippen LogP contribution in [0, 0.1) is 5.92 Å². The van der Waals surface area contributed by atoms with Gasteiger partial charge in [-0.1, -0.05) is 67.9 Å². The van der Waals surface area contributed by atoms with Gasteiger partial charge in [0.15, 0.2) is 0 Å². The van der Waals surface area contributed by atoms with Gasteiger partial charge >= 0.3 is 6.09 Å². The molecule has 0 aliphatic heterocycles. The molecule has 0 saturated heterocycles. The number of nitrogens with two attached hydrogens (primary N) is 1. The lowest BCUT2D eigenvalue weighted by atomic mass is 10.0. The molecule has 0 spiro atoms. The van der Waals surface area contributed by atoms with Crippen LogP contribution in [0.25, 0.3) is 0 Å². The minimum Gasteiger partial charge on any atom is -0.492 e. The van der Waals surface area contributed by atoms with Crippen molar-refractivity contribution >= 4 is 29.9 Å². The number of imide groups is 1. The molecular formula is C24H29ClN2O5. The second-order valence-electron chi connectivity index (χ2n) is 7.76. The minimum atomic E-state index is -1.09. The molecule has 2 rings (SSSR count). The van der Waals surface area contributed by atoms with E-state index in [4.69, 9.17) is 26.8 Å². The third-order valence-corrected chi connectivity index (χ3v) is 4.99. The number of carbonyl (C=O) groups is 3. The van der Waals surface area contributed by atoms with Crippen molar-refractivity contribution in [2.24, 2.45) is 11.7 Å². The van der Waals surface area contributed by atoms with Gasteiger partial charge in [-0.3, -0.25) is 4.79 Å². The number of ether oxygens (including phenoxy) is 2. The van der Waals surface area contributed by atoms with Gasteiger partial charge < -0.3 is 20.0 Å². The smallest absolute Gasteiger partial charge is 0.417 e. The Morgan fingerprint density at radius 1 is 1.09 bits per heavy atom. The number of hydrogen-bond donors (Lipinski definition) is 1. The minimum absolute atomic E-state index is 0.0371. The number of nitrogens with zero attached hydrogens (tertiary/aromatic N) is 1. The van der Waals surface area contributed by atoms with Crippen LogP contribution in [0.4, 0.5) is 4.79 Å². The van der Waals surface area contributed by atoms with E-state index in [2.05, 4.69) is 0 Å². The van der Waals surface area contributed by atoms with Crippen molar-refractivity contribution in [3.05, 3.63) is 65.2 Å². The molecule has 0 radical (unpaired) electrons. The van der Waals surface area contributed by atoms with Gasteiger partial charge in [0.25, 0.3) is 0 Å². The van der Waals surface area contributed by atoms with E-state index in [-0.39, 0.29) is 25.6 Å². The van der Waals surface area contributed by atoms with Crippen LogP contribution in [0.1, 0.15) is 32.3 Å². The first-order valence-electron chi connectivity index (χ1n) is 10.5. The lowest BCUT2D eigenvalue weighted by Gasteiger charge is -2.28. The molecule has 1 unspecified atom stereocenters. The van der Waals surface area contributed by atoms with Crippen LogP contribution in [0.2, 0.25) is 5.02 Å². The average Bonchev–Trinajstić information content (AvgIpc) is 2.78. The van der Waals surface area contributed by atoms with E-state index in [1.54, 1.807) is 36.4 Å². The average molecular weight is 461 g/mol. The highest BCUT2D eigenvalue weighted by molar-refractivity contribution is 6.32. The number of rotatable bonds is 11. The number of halogens is 1. The van der Waals surface area contributed by atoms with Crippen LogP contribution >= 0.6 is 11.6 Å². The molecule has 0 bridgehead atoms. The Morgan fingerprint density at radius 3 is 2.38 bits per heavy atom. The van der Waals surface area contributed by atoms with Crippen LogP contribution in [-0.4, -0.2) is 41.9 Å².